The Bertz CT molecular complexity index is 626. The molecule has 108 valence electrons. The van der Waals surface area contributed by atoms with Crippen LogP contribution in [0.15, 0.2) is 54.6 Å². The zero-order valence-electron chi connectivity index (χ0n) is 11.6. The van der Waals surface area contributed by atoms with Gasteiger partial charge in [-0.15, -0.1) is 0 Å². The first kappa shape index (κ1) is 14.6. The van der Waals surface area contributed by atoms with Gasteiger partial charge in [0.15, 0.2) is 6.61 Å². The molecule has 0 fully saturated rings. The molecule has 0 atom stereocenters. The zero-order chi connectivity index (χ0) is 15.1. The number of carbonyl (C=O) groups is 2. The summed E-state index contributed by atoms with van der Waals surface area (Å²) in [6.07, 6.45) is 0. The molecule has 5 heteroatoms. The van der Waals surface area contributed by atoms with E-state index in [0.29, 0.717) is 11.3 Å². The normalized spacial score (nSPS) is 9.76. The van der Waals surface area contributed by atoms with E-state index in [2.05, 4.69) is 10.9 Å². The molecule has 5 nitrogen and oxygen atoms in total. The van der Waals surface area contributed by atoms with Crippen molar-refractivity contribution in [2.75, 3.05) is 6.61 Å². The van der Waals surface area contributed by atoms with Crippen LogP contribution in [0.25, 0.3) is 0 Å². The molecular weight excluding hydrogens is 268 g/mol. The van der Waals surface area contributed by atoms with Crippen LogP contribution in [0.5, 0.6) is 5.75 Å². The van der Waals surface area contributed by atoms with Gasteiger partial charge in [-0.05, 0) is 30.7 Å². The fraction of sp³-hybridized carbons (Fsp3) is 0.125. The van der Waals surface area contributed by atoms with Crippen LogP contribution in [0.4, 0.5) is 0 Å². The van der Waals surface area contributed by atoms with E-state index in [-0.39, 0.29) is 12.5 Å². The van der Waals surface area contributed by atoms with Crippen LogP contribution in [0.3, 0.4) is 0 Å². The third-order valence-corrected chi connectivity index (χ3v) is 2.82. The lowest BCUT2D eigenvalue weighted by Crippen LogP contribution is -2.44. The number of hydrogen-bond donors (Lipinski definition) is 2. The van der Waals surface area contributed by atoms with Crippen molar-refractivity contribution in [2.24, 2.45) is 0 Å². The molecule has 0 saturated carbocycles. The number of amides is 2. The SMILES string of the molecule is Cc1ccccc1C(=O)NNC(=O)COc1ccccc1. The van der Waals surface area contributed by atoms with E-state index in [1.165, 1.54) is 0 Å². The molecule has 2 aromatic rings. The van der Waals surface area contributed by atoms with Crippen molar-refractivity contribution in [3.05, 3.63) is 65.7 Å². The topological polar surface area (TPSA) is 67.4 Å². The summed E-state index contributed by atoms with van der Waals surface area (Å²) in [6.45, 7) is 1.66. The zero-order valence-corrected chi connectivity index (χ0v) is 11.6. The van der Waals surface area contributed by atoms with Crippen molar-refractivity contribution in [2.45, 2.75) is 6.92 Å². The number of aryl methyl sites for hydroxylation is 1. The monoisotopic (exact) mass is 284 g/mol. The summed E-state index contributed by atoms with van der Waals surface area (Å²) in [7, 11) is 0. The van der Waals surface area contributed by atoms with Gasteiger partial charge in [-0.1, -0.05) is 36.4 Å². The first-order chi connectivity index (χ1) is 10.2. The van der Waals surface area contributed by atoms with E-state index in [1.807, 2.05) is 37.3 Å². The lowest BCUT2D eigenvalue weighted by Gasteiger charge is -2.09. The molecule has 0 aliphatic heterocycles. The summed E-state index contributed by atoms with van der Waals surface area (Å²) >= 11 is 0. The van der Waals surface area contributed by atoms with E-state index in [4.69, 9.17) is 4.74 Å². The van der Waals surface area contributed by atoms with Gasteiger partial charge in [0.2, 0.25) is 0 Å². The Labute approximate surface area is 122 Å². The highest BCUT2D eigenvalue weighted by Gasteiger charge is 2.09. The number of nitrogens with one attached hydrogen (secondary N) is 2. The van der Waals surface area contributed by atoms with Crippen LogP contribution in [-0.2, 0) is 4.79 Å². The first-order valence-electron chi connectivity index (χ1n) is 6.49. The maximum Gasteiger partial charge on any atom is 0.276 e. The van der Waals surface area contributed by atoms with Crippen molar-refractivity contribution in [3.63, 3.8) is 0 Å². The minimum absolute atomic E-state index is 0.169. The van der Waals surface area contributed by atoms with E-state index >= 15 is 0 Å². The van der Waals surface area contributed by atoms with Gasteiger partial charge in [0, 0.05) is 5.56 Å². The number of hydrazine groups is 1. The fourth-order valence-corrected chi connectivity index (χ4v) is 1.72. The van der Waals surface area contributed by atoms with Crippen molar-refractivity contribution in [3.8, 4) is 5.75 Å². The summed E-state index contributed by atoms with van der Waals surface area (Å²) in [4.78, 5) is 23.5. The molecule has 2 rings (SSSR count). The summed E-state index contributed by atoms with van der Waals surface area (Å²) in [5.41, 5.74) is 6.03. The van der Waals surface area contributed by atoms with Crippen molar-refractivity contribution in [1.29, 1.82) is 0 Å². The molecule has 0 aliphatic carbocycles. The van der Waals surface area contributed by atoms with Crippen LogP contribution in [0.2, 0.25) is 0 Å². The van der Waals surface area contributed by atoms with Crippen LogP contribution in [0, 0.1) is 6.92 Å². The van der Waals surface area contributed by atoms with Crippen molar-refractivity contribution >= 4 is 11.8 Å². The number of para-hydroxylation sites is 1. The van der Waals surface area contributed by atoms with Crippen LogP contribution >= 0.6 is 0 Å². The Morgan fingerprint density at radius 2 is 1.62 bits per heavy atom. The maximum absolute atomic E-state index is 11.9. The molecule has 0 saturated heterocycles. The second-order valence-corrected chi connectivity index (χ2v) is 4.42. The largest absolute Gasteiger partial charge is 0.484 e. The van der Waals surface area contributed by atoms with E-state index in [1.54, 1.807) is 24.3 Å². The lowest BCUT2D eigenvalue weighted by molar-refractivity contribution is -0.123. The highest BCUT2D eigenvalue weighted by atomic mass is 16.5. The lowest BCUT2D eigenvalue weighted by atomic mass is 10.1. The molecule has 0 unspecified atom stereocenters. The van der Waals surface area contributed by atoms with Gasteiger partial charge in [0.05, 0.1) is 0 Å². The van der Waals surface area contributed by atoms with E-state index < -0.39 is 5.91 Å². The van der Waals surface area contributed by atoms with Gasteiger partial charge in [0.25, 0.3) is 11.8 Å². The predicted octanol–water partition coefficient (Wildman–Crippen LogP) is 1.84. The predicted molar refractivity (Wildman–Crippen MR) is 78.7 cm³/mol. The average Bonchev–Trinajstić information content (AvgIpc) is 2.52. The van der Waals surface area contributed by atoms with Gasteiger partial charge in [-0.3, -0.25) is 20.4 Å². The van der Waals surface area contributed by atoms with Crippen molar-refractivity contribution < 1.29 is 14.3 Å². The number of rotatable bonds is 4. The molecule has 0 radical (unpaired) electrons. The Morgan fingerprint density at radius 3 is 2.33 bits per heavy atom. The molecule has 2 aromatic carbocycles. The molecule has 0 aliphatic rings. The third-order valence-electron chi connectivity index (χ3n) is 2.82. The minimum Gasteiger partial charge on any atom is -0.484 e. The van der Waals surface area contributed by atoms with Gasteiger partial charge in [-0.25, -0.2) is 0 Å². The summed E-state index contributed by atoms with van der Waals surface area (Å²) in [5, 5.41) is 0. The molecule has 0 aromatic heterocycles. The van der Waals surface area contributed by atoms with Gasteiger partial charge >= 0.3 is 0 Å². The molecule has 21 heavy (non-hydrogen) atoms. The van der Waals surface area contributed by atoms with Crippen LogP contribution < -0.4 is 15.6 Å². The number of benzene rings is 2. The molecule has 2 amide bonds. The average molecular weight is 284 g/mol. The van der Waals surface area contributed by atoms with Gasteiger partial charge in [0.1, 0.15) is 5.75 Å². The molecule has 0 bridgehead atoms. The van der Waals surface area contributed by atoms with Crippen molar-refractivity contribution in [1.82, 2.24) is 10.9 Å². The molecule has 2 N–H and O–H groups in total. The Hall–Kier alpha value is -2.82. The van der Waals surface area contributed by atoms with Crippen LogP contribution in [-0.4, -0.2) is 18.4 Å². The number of ether oxygens (including phenoxy) is 1. The molecular formula is C16H16N2O3. The molecule has 0 spiro atoms. The minimum atomic E-state index is -0.430. The molecule has 0 heterocycles. The second-order valence-electron chi connectivity index (χ2n) is 4.42. The van der Waals surface area contributed by atoms with Gasteiger partial charge in [-0.2, -0.15) is 0 Å². The highest BCUT2D eigenvalue weighted by molar-refractivity contribution is 5.96. The number of hydrogen-bond acceptors (Lipinski definition) is 3. The maximum atomic E-state index is 11.9. The summed E-state index contributed by atoms with van der Waals surface area (Å²) in [6, 6.07) is 16.1. The van der Waals surface area contributed by atoms with Gasteiger partial charge < -0.3 is 4.74 Å². The van der Waals surface area contributed by atoms with E-state index in [9.17, 15) is 9.59 Å². The first-order valence-corrected chi connectivity index (χ1v) is 6.49. The summed E-state index contributed by atoms with van der Waals surface area (Å²) < 4.78 is 5.27. The standard InChI is InChI=1S/C16H16N2O3/c1-12-7-5-6-10-14(12)16(20)18-17-15(19)11-21-13-8-3-2-4-9-13/h2-10H,11H2,1H3,(H,17,19)(H,18,20). The summed E-state index contributed by atoms with van der Waals surface area (Å²) in [5.74, 6) is -0.195. The van der Waals surface area contributed by atoms with Crippen LogP contribution in [0.1, 0.15) is 15.9 Å². The quantitative estimate of drug-likeness (QED) is 0.842. The number of carbonyl (C=O) groups excluding carboxylic acids is 2. The Balaban J connectivity index is 1.79. The smallest absolute Gasteiger partial charge is 0.276 e. The Kier molecular flexibility index (Phi) is 4.93. The fourth-order valence-electron chi connectivity index (χ4n) is 1.72. The third kappa shape index (κ3) is 4.35. The second kappa shape index (κ2) is 7.09. The van der Waals surface area contributed by atoms with E-state index in [0.717, 1.165) is 5.56 Å². The Morgan fingerprint density at radius 1 is 0.952 bits per heavy atom. The highest BCUT2D eigenvalue weighted by Crippen LogP contribution is 2.07.